The predicted octanol–water partition coefficient (Wildman–Crippen LogP) is 3.52. The smallest absolute Gasteiger partial charge is 0.322 e. The van der Waals surface area contributed by atoms with Crippen LogP contribution in [0.15, 0.2) is 18.2 Å². The number of aromatic nitrogens is 2. The summed E-state index contributed by atoms with van der Waals surface area (Å²) in [6, 6.07) is 3.91. The summed E-state index contributed by atoms with van der Waals surface area (Å²) in [5, 5.41) is 7.35. The number of anilines is 1. The van der Waals surface area contributed by atoms with E-state index >= 15 is 0 Å². The number of hydrogen-bond acceptors (Lipinski definition) is 3. The van der Waals surface area contributed by atoms with Gasteiger partial charge < -0.3 is 15.1 Å². The Morgan fingerprint density at radius 1 is 1.38 bits per heavy atom. The van der Waals surface area contributed by atoms with Crippen molar-refractivity contribution in [1.82, 2.24) is 19.6 Å². The van der Waals surface area contributed by atoms with Crippen LogP contribution in [-0.2, 0) is 19.5 Å². The van der Waals surface area contributed by atoms with Crippen molar-refractivity contribution in [3.05, 3.63) is 46.0 Å². The fraction of sp³-hybridized carbons (Fsp3) is 0.450. The lowest BCUT2D eigenvalue weighted by molar-refractivity contribution is 0.0726. The van der Waals surface area contributed by atoms with Gasteiger partial charge in [-0.25, -0.2) is 9.18 Å². The van der Waals surface area contributed by atoms with Crippen molar-refractivity contribution >= 4 is 29.2 Å². The molecule has 1 unspecified atom stereocenters. The maximum absolute atomic E-state index is 13.3. The fourth-order valence-corrected chi connectivity index (χ4v) is 4.23. The van der Waals surface area contributed by atoms with Crippen molar-refractivity contribution in [1.29, 1.82) is 0 Å². The highest BCUT2D eigenvalue weighted by Gasteiger charge is 2.34. The standard InChI is InChI=1S/C20H23ClFN5O2/c1-3-13-6-9-27-18(19(28)25(13)2)14-11-26(8-7-17(14)24-27)20(29)23-12-4-5-16(22)15(21)10-12/h4-5,10,13H,3,6-9,11H2,1-2H3,(H,23,29). The molecule has 3 amide bonds. The molecule has 0 saturated heterocycles. The van der Waals surface area contributed by atoms with Gasteiger partial charge in [-0.3, -0.25) is 9.48 Å². The summed E-state index contributed by atoms with van der Waals surface area (Å²) in [5.74, 6) is -0.585. The van der Waals surface area contributed by atoms with Crippen LogP contribution in [0.1, 0.15) is 41.5 Å². The Morgan fingerprint density at radius 3 is 2.90 bits per heavy atom. The molecule has 29 heavy (non-hydrogen) atoms. The second-order valence-electron chi connectivity index (χ2n) is 7.49. The number of benzene rings is 1. The molecule has 3 heterocycles. The third-order valence-corrected chi connectivity index (χ3v) is 6.06. The van der Waals surface area contributed by atoms with Crippen LogP contribution in [0.3, 0.4) is 0 Å². The Balaban J connectivity index is 1.56. The van der Waals surface area contributed by atoms with Crippen LogP contribution < -0.4 is 5.32 Å². The normalized spacial score (nSPS) is 18.9. The number of aryl methyl sites for hydroxylation is 1. The van der Waals surface area contributed by atoms with E-state index in [0.717, 1.165) is 24.1 Å². The number of nitrogens with zero attached hydrogens (tertiary/aromatic N) is 4. The van der Waals surface area contributed by atoms with Gasteiger partial charge >= 0.3 is 6.03 Å². The number of amides is 3. The highest BCUT2D eigenvalue weighted by molar-refractivity contribution is 6.31. The van der Waals surface area contributed by atoms with Gasteiger partial charge in [-0.1, -0.05) is 18.5 Å². The number of carbonyl (C=O) groups excluding carboxylic acids is 2. The molecule has 0 spiro atoms. The third-order valence-electron chi connectivity index (χ3n) is 5.78. The van der Waals surface area contributed by atoms with Crippen LogP contribution in [0.5, 0.6) is 0 Å². The Labute approximate surface area is 173 Å². The van der Waals surface area contributed by atoms with E-state index in [0.29, 0.717) is 37.4 Å². The van der Waals surface area contributed by atoms with Crippen LogP contribution in [0.2, 0.25) is 5.02 Å². The lowest BCUT2D eigenvalue weighted by Crippen LogP contribution is -2.40. The molecule has 4 rings (SSSR count). The maximum Gasteiger partial charge on any atom is 0.322 e. The Kier molecular flexibility index (Phi) is 5.21. The molecule has 0 aliphatic carbocycles. The summed E-state index contributed by atoms with van der Waals surface area (Å²) in [4.78, 5) is 29.2. The molecular formula is C20H23ClFN5O2. The van der Waals surface area contributed by atoms with Crippen LogP contribution in [0.25, 0.3) is 0 Å². The van der Waals surface area contributed by atoms with Crippen LogP contribution in [0.4, 0.5) is 14.9 Å². The molecule has 2 aromatic rings. The average molecular weight is 420 g/mol. The second-order valence-corrected chi connectivity index (χ2v) is 7.90. The summed E-state index contributed by atoms with van der Waals surface area (Å²) in [7, 11) is 1.83. The number of urea groups is 1. The van der Waals surface area contributed by atoms with Crippen molar-refractivity contribution in [2.45, 2.75) is 45.3 Å². The second kappa shape index (κ2) is 7.67. The minimum atomic E-state index is -0.539. The Bertz CT molecular complexity index is 976. The highest BCUT2D eigenvalue weighted by atomic mass is 35.5. The molecule has 2 aliphatic heterocycles. The van der Waals surface area contributed by atoms with E-state index in [4.69, 9.17) is 11.6 Å². The maximum atomic E-state index is 13.3. The molecular weight excluding hydrogens is 397 g/mol. The molecule has 1 aromatic heterocycles. The minimum absolute atomic E-state index is 0.0457. The van der Waals surface area contributed by atoms with E-state index < -0.39 is 5.82 Å². The van der Waals surface area contributed by atoms with Crippen LogP contribution in [-0.4, -0.2) is 51.2 Å². The molecule has 0 saturated carbocycles. The van der Waals surface area contributed by atoms with E-state index in [9.17, 15) is 14.0 Å². The molecule has 9 heteroatoms. The number of carbonyl (C=O) groups is 2. The zero-order valence-electron chi connectivity index (χ0n) is 16.4. The van der Waals surface area contributed by atoms with Crippen molar-refractivity contribution in [2.24, 2.45) is 0 Å². The highest BCUT2D eigenvalue weighted by Crippen LogP contribution is 2.28. The quantitative estimate of drug-likeness (QED) is 0.809. The molecule has 1 N–H and O–H groups in total. The summed E-state index contributed by atoms with van der Waals surface area (Å²) in [5.41, 5.74) is 2.70. The molecule has 154 valence electrons. The van der Waals surface area contributed by atoms with Gasteiger partial charge in [0, 0.05) is 43.9 Å². The molecule has 1 aromatic carbocycles. The number of hydrogen-bond donors (Lipinski definition) is 1. The minimum Gasteiger partial charge on any atom is -0.337 e. The first-order chi connectivity index (χ1) is 13.9. The Hall–Kier alpha value is -2.61. The molecule has 0 bridgehead atoms. The van der Waals surface area contributed by atoms with Crippen molar-refractivity contribution in [3.8, 4) is 0 Å². The topological polar surface area (TPSA) is 70.5 Å². The number of fused-ring (bicyclic) bond motifs is 3. The van der Waals surface area contributed by atoms with Gasteiger partial charge in [-0.15, -0.1) is 0 Å². The van der Waals surface area contributed by atoms with E-state index in [2.05, 4.69) is 17.3 Å². The van der Waals surface area contributed by atoms with Crippen molar-refractivity contribution < 1.29 is 14.0 Å². The Morgan fingerprint density at radius 2 is 2.17 bits per heavy atom. The lowest BCUT2D eigenvalue weighted by atomic mass is 10.0. The SMILES string of the molecule is CCC1CCn2nc3c(c2C(=O)N1C)CN(C(=O)Nc1ccc(F)c(Cl)c1)CC3. The summed E-state index contributed by atoms with van der Waals surface area (Å²) in [6.07, 6.45) is 2.34. The summed E-state index contributed by atoms with van der Waals surface area (Å²) >= 11 is 5.79. The number of nitrogens with one attached hydrogen (secondary N) is 1. The van der Waals surface area contributed by atoms with Gasteiger partial charge in [0.2, 0.25) is 0 Å². The third kappa shape index (κ3) is 3.57. The summed E-state index contributed by atoms with van der Waals surface area (Å²) in [6.45, 7) is 3.57. The zero-order valence-corrected chi connectivity index (χ0v) is 17.2. The first kappa shape index (κ1) is 19.7. The van der Waals surface area contributed by atoms with Crippen molar-refractivity contribution in [2.75, 3.05) is 18.9 Å². The summed E-state index contributed by atoms with van der Waals surface area (Å²) < 4.78 is 15.1. The monoisotopic (exact) mass is 419 g/mol. The van der Waals surface area contributed by atoms with Gasteiger partial charge in [0.15, 0.2) is 0 Å². The molecule has 2 aliphatic rings. The van der Waals surface area contributed by atoms with Gasteiger partial charge in [-0.2, -0.15) is 5.10 Å². The molecule has 7 nitrogen and oxygen atoms in total. The van der Waals surface area contributed by atoms with E-state index in [-0.39, 0.29) is 23.0 Å². The van der Waals surface area contributed by atoms with E-state index in [1.54, 1.807) is 14.5 Å². The fourth-order valence-electron chi connectivity index (χ4n) is 4.05. The number of halogens is 2. The van der Waals surface area contributed by atoms with Gasteiger partial charge in [-0.05, 0) is 31.0 Å². The zero-order chi connectivity index (χ0) is 20.7. The molecule has 0 radical (unpaired) electrons. The molecule has 1 atom stereocenters. The first-order valence-electron chi connectivity index (χ1n) is 9.75. The van der Waals surface area contributed by atoms with Crippen LogP contribution >= 0.6 is 11.6 Å². The first-order valence-corrected chi connectivity index (χ1v) is 10.1. The van der Waals surface area contributed by atoms with Gasteiger partial charge in [0.1, 0.15) is 11.5 Å². The van der Waals surface area contributed by atoms with Crippen molar-refractivity contribution in [3.63, 3.8) is 0 Å². The van der Waals surface area contributed by atoms with Gasteiger partial charge in [0.25, 0.3) is 5.91 Å². The van der Waals surface area contributed by atoms with E-state index in [1.807, 2.05) is 7.05 Å². The van der Waals surface area contributed by atoms with Gasteiger partial charge in [0.05, 0.1) is 17.3 Å². The van der Waals surface area contributed by atoms with E-state index in [1.165, 1.54) is 18.2 Å². The predicted molar refractivity (Wildman–Crippen MR) is 108 cm³/mol. The largest absolute Gasteiger partial charge is 0.337 e. The van der Waals surface area contributed by atoms with Crippen LogP contribution in [0, 0.1) is 5.82 Å². The average Bonchev–Trinajstić information content (AvgIpc) is 3.02. The molecule has 0 fully saturated rings. The number of rotatable bonds is 2. The lowest BCUT2D eigenvalue weighted by Gasteiger charge is -2.28.